The molecule has 0 aliphatic heterocycles. The van der Waals surface area contributed by atoms with Crippen molar-refractivity contribution < 1.29 is 14.6 Å². The highest BCUT2D eigenvalue weighted by Crippen LogP contribution is 2.32. The van der Waals surface area contributed by atoms with Gasteiger partial charge in [0.05, 0.1) is 6.61 Å². The molecule has 1 N–H and O–H groups in total. The largest absolute Gasteiger partial charge is 0.508 e. The van der Waals surface area contributed by atoms with Crippen LogP contribution in [0.15, 0.2) is 36.4 Å². The van der Waals surface area contributed by atoms with Crippen LogP contribution in [0.25, 0.3) is 16.3 Å². The predicted molar refractivity (Wildman–Crippen MR) is 108 cm³/mol. The maximum Gasteiger partial charge on any atom is 0.331 e. The fraction of sp³-hybridized carbons (Fsp3) is 0.435. The molecule has 0 spiro atoms. The van der Waals surface area contributed by atoms with Crippen LogP contribution in [-0.4, -0.2) is 17.7 Å². The normalized spacial score (nSPS) is 11.7. The first-order valence-electron chi connectivity index (χ1n) is 9.73. The average molecular weight is 354 g/mol. The van der Waals surface area contributed by atoms with Crippen LogP contribution >= 0.6 is 0 Å². The molecule has 0 unspecified atom stereocenters. The number of esters is 1. The highest BCUT2D eigenvalue weighted by Gasteiger charge is 2.13. The fourth-order valence-corrected chi connectivity index (χ4v) is 3.18. The third-order valence-corrected chi connectivity index (χ3v) is 4.66. The van der Waals surface area contributed by atoms with Crippen LogP contribution in [0.1, 0.15) is 64.0 Å². The molecule has 26 heavy (non-hydrogen) atoms. The number of aryl methyl sites for hydroxylation is 1. The third-order valence-electron chi connectivity index (χ3n) is 4.66. The van der Waals surface area contributed by atoms with Gasteiger partial charge in [-0.1, -0.05) is 51.8 Å². The van der Waals surface area contributed by atoms with Gasteiger partial charge in [0.1, 0.15) is 5.75 Å². The van der Waals surface area contributed by atoms with E-state index in [0.717, 1.165) is 60.4 Å². The number of phenolic OH excluding ortho intramolecular Hbond substituents is 1. The summed E-state index contributed by atoms with van der Waals surface area (Å²) >= 11 is 0. The lowest BCUT2D eigenvalue weighted by Gasteiger charge is -2.15. The van der Waals surface area contributed by atoms with Gasteiger partial charge in [-0.05, 0) is 65.3 Å². The van der Waals surface area contributed by atoms with Gasteiger partial charge in [-0.2, -0.15) is 0 Å². The molecule has 0 saturated heterocycles. The molecule has 0 bridgehead atoms. The molecule has 0 aromatic heterocycles. The first-order valence-corrected chi connectivity index (χ1v) is 9.73. The van der Waals surface area contributed by atoms with Gasteiger partial charge in [-0.25, -0.2) is 4.79 Å². The number of carbonyl (C=O) groups excluding carboxylic acids is 1. The fourth-order valence-electron chi connectivity index (χ4n) is 3.18. The van der Waals surface area contributed by atoms with Crippen LogP contribution in [0.2, 0.25) is 0 Å². The van der Waals surface area contributed by atoms with E-state index in [4.69, 9.17) is 4.74 Å². The van der Waals surface area contributed by atoms with E-state index in [9.17, 15) is 9.90 Å². The molecule has 140 valence electrons. The first kappa shape index (κ1) is 20.0. The van der Waals surface area contributed by atoms with Crippen LogP contribution in [0.5, 0.6) is 5.75 Å². The molecule has 2 aromatic carbocycles. The molecule has 0 atom stereocenters. The second kappa shape index (κ2) is 10.0. The zero-order chi connectivity index (χ0) is 18.9. The molecule has 0 aliphatic carbocycles. The highest BCUT2D eigenvalue weighted by molar-refractivity contribution is 5.96. The summed E-state index contributed by atoms with van der Waals surface area (Å²) in [5.41, 5.74) is 3.37. The standard InChI is InChI=1S/C23H30O3/c1-4-7-9-22-20(12-10-18-15-19(24)11-13-21(18)22)17(6-3)16-23(25)26-14-8-5-2/h10-13,15-16,24H,4-9,14H2,1-3H3/b17-16+. The summed E-state index contributed by atoms with van der Waals surface area (Å²) in [6.45, 7) is 6.80. The van der Waals surface area contributed by atoms with E-state index in [1.165, 1.54) is 5.56 Å². The Bertz CT molecular complexity index is 774. The van der Waals surface area contributed by atoms with Crippen molar-refractivity contribution in [1.82, 2.24) is 0 Å². The molecule has 3 nitrogen and oxygen atoms in total. The van der Waals surface area contributed by atoms with Crippen molar-refractivity contribution in [3.63, 3.8) is 0 Å². The van der Waals surface area contributed by atoms with Gasteiger partial charge in [0.25, 0.3) is 0 Å². The summed E-state index contributed by atoms with van der Waals surface area (Å²) < 4.78 is 5.31. The maximum atomic E-state index is 12.2. The topological polar surface area (TPSA) is 46.5 Å². The summed E-state index contributed by atoms with van der Waals surface area (Å²) in [4.78, 5) is 12.2. The van der Waals surface area contributed by atoms with Crippen LogP contribution in [-0.2, 0) is 16.0 Å². The lowest BCUT2D eigenvalue weighted by atomic mass is 9.90. The number of fused-ring (bicyclic) bond motifs is 1. The van der Waals surface area contributed by atoms with Gasteiger partial charge in [-0.15, -0.1) is 0 Å². The van der Waals surface area contributed by atoms with Crippen LogP contribution in [0, 0.1) is 0 Å². The zero-order valence-electron chi connectivity index (χ0n) is 16.2. The number of benzene rings is 2. The minimum Gasteiger partial charge on any atom is -0.508 e. The Labute approximate surface area is 156 Å². The molecule has 2 rings (SSSR count). The minimum atomic E-state index is -0.262. The van der Waals surface area contributed by atoms with Gasteiger partial charge in [0.15, 0.2) is 0 Å². The van der Waals surface area contributed by atoms with E-state index < -0.39 is 0 Å². The van der Waals surface area contributed by atoms with E-state index in [1.807, 2.05) is 12.1 Å². The van der Waals surface area contributed by atoms with E-state index in [1.54, 1.807) is 18.2 Å². The van der Waals surface area contributed by atoms with Crippen molar-refractivity contribution in [3.8, 4) is 5.75 Å². The molecular formula is C23H30O3. The highest BCUT2D eigenvalue weighted by atomic mass is 16.5. The smallest absolute Gasteiger partial charge is 0.331 e. The number of unbranched alkanes of at least 4 members (excludes halogenated alkanes) is 2. The number of hydrogen-bond acceptors (Lipinski definition) is 3. The van der Waals surface area contributed by atoms with Gasteiger partial charge < -0.3 is 9.84 Å². The van der Waals surface area contributed by atoms with Crippen LogP contribution in [0.4, 0.5) is 0 Å². The number of hydrogen-bond donors (Lipinski definition) is 1. The first-order chi connectivity index (χ1) is 12.6. The van der Waals surface area contributed by atoms with E-state index in [2.05, 4.69) is 26.8 Å². The maximum absolute atomic E-state index is 12.2. The molecule has 0 fully saturated rings. The Hall–Kier alpha value is -2.29. The van der Waals surface area contributed by atoms with E-state index in [0.29, 0.717) is 6.61 Å². The number of phenols is 1. The molecule has 3 heteroatoms. The van der Waals surface area contributed by atoms with Crippen molar-refractivity contribution in [2.75, 3.05) is 6.61 Å². The average Bonchev–Trinajstić information content (AvgIpc) is 2.64. The van der Waals surface area contributed by atoms with Crippen molar-refractivity contribution in [2.45, 2.75) is 59.3 Å². The Morgan fingerprint density at radius 1 is 1.08 bits per heavy atom. The number of rotatable bonds is 9. The molecule has 0 amide bonds. The molecule has 0 heterocycles. The molecule has 0 saturated carbocycles. The quantitative estimate of drug-likeness (QED) is 0.340. The zero-order valence-corrected chi connectivity index (χ0v) is 16.2. The van der Waals surface area contributed by atoms with Gasteiger partial charge in [-0.3, -0.25) is 0 Å². The lowest BCUT2D eigenvalue weighted by Crippen LogP contribution is -2.04. The monoisotopic (exact) mass is 354 g/mol. The Morgan fingerprint density at radius 2 is 1.85 bits per heavy atom. The van der Waals surface area contributed by atoms with Gasteiger partial charge in [0, 0.05) is 6.08 Å². The minimum absolute atomic E-state index is 0.262. The lowest BCUT2D eigenvalue weighted by molar-refractivity contribution is -0.137. The third kappa shape index (κ3) is 5.10. The van der Waals surface area contributed by atoms with Crippen LogP contribution < -0.4 is 0 Å². The number of carbonyl (C=O) groups is 1. The SMILES string of the molecule is CCCCOC(=O)/C=C(\CC)c1ccc2cc(O)ccc2c1CCCC. The van der Waals surface area contributed by atoms with Gasteiger partial charge >= 0.3 is 5.97 Å². The number of allylic oxidation sites excluding steroid dienone is 1. The summed E-state index contributed by atoms with van der Waals surface area (Å²) in [6, 6.07) is 9.60. The van der Waals surface area contributed by atoms with Crippen molar-refractivity contribution in [1.29, 1.82) is 0 Å². The Kier molecular flexibility index (Phi) is 7.71. The number of ether oxygens (including phenoxy) is 1. The summed E-state index contributed by atoms with van der Waals surface area (Å²) in [7, 11) is 0. The molecule has 2 aromatic rings. The van der Waals surface area contributed by atoms with E-state index in [-0.39, 0.29) is 11.7 Å². The number of aromatic hydroxyl groups is 1. The van der Waals surface area contributed by atoms with Crippen molar-refractivity contribution in [3.05, 3.63) is 47.5 Å². The summed E-state index contributed by atoms with van der Waals surface area (Å²) in [5.74, 6) is 0.0139. The molecular weight excluding hydrogens is 324 g/mol. The Morgan fingerprint density at radius 3 is 2.54 bits per heavy atom. The second-order valence-electron chi connectivity index (χ2n) is 6.64. The summed E-state index contributed by atoms with van der Waals surface area (Å²) in [6.07, 6.45) is 7.47. The molecule has 0 radical (unpaired) electrons. The molecule has 0 aliphatic rings. The van der Waals surface area contributed by atoms with E-state index >= 15 is 0 Å². The van der Waals surface area contributed by atoms with Crippen LogP contribution in [0.3, 0.4) is 0 Å². The Balaban J connectivity index is 2.44. The van der Waals surface area contributed by atoms with Crippen molar-refractivity contribution >= 4 is 22.3 Å². The summed E-state index contributed by atoms with van der Waals surface area (Å²) in [5, 5.41) is 11.9. The van der Waals surface area contributed by atoms with Gasteiger partial charge in [0.2, 0.25) is 0 Å². The second-order valence-corrected chi connectivity index (χ2v) is 6.64. The van der Waals surface area contributed by atoms with Crippen molar-refractivity contribution in [2.24, 2.45) is 0 Å². The predicted octanol–water partition coefficient (Wildman–Crippen LogP) is 6.02.